The summed E-state index contributed by atoms with van der Waals surface area (Å²) in [6, 6.07) is 5.19. The molecule has 1 fully saturated rings. The number of hydrogen-bond donors (Lipinski definition) is 1. The van der Waals surface area contributed by atoms with Crippen molar-refractivity contribution in [1.82, 2.24) is 9.55 Å². The number of nitrogens with zero attached hydrogens (tertiary/aromatic N) is 2. The first-order valence-corrected chi connectivity index (χ1v) is 13.1. The normalized spacial score (nSPS) is 15.7. The molecule has 1 N–H and O–H groups in total. The molecule has 0 unspecified atom stereocenters. The summed E-state index contributed by atoms with van der Waals surface area (Å²) >= 11 is 0. The van der Waals surface area contributed by atoms with Crippen LogP contribution in [0.15, 0.2) is 23.1 Å². The van der Waals surface area contributed by atoms with E-state index in [1.54, 1.807) is 26.0 Å². The van der Waals surface area contributed by atoms with Gasteiger partial charge in [0, 0.05) is 26.2 Å². The van der Waals surface area contributed by atoms with E-state index in [4.69, 9.17) is 9.72 Å². The predicted molar refractivity (Wildman–Crippen MR) is 126 cm³/mol. The van der Waals surface area contributed by atoms with E-state index < -0.39 is 21.2 Å². The van der Waals surface area contributed by atoms with Crippen LogP contribution in [0.4, 0.5) is 0 Å². The highest BCUT2D eigenvalue weighted by Gasteiger charge is 2.35. The van der Waals surface area contributed by atoms with Crippen LogP contribution in [-0.4, -0.2) is 47.6 Å². The second-order valence-electron chi connectivity index (χ2n) is 9.08. The van der Waals surface area contributed by atoms with Crippen molar-refractivity contribution < 1.29 is 18.3 Å². The van der Waals surface area contributed by atoms with Crippen LogP contribution in [-0.2, 0) is 27.5 Å². The summed E-state index contributed by atoms with van der Waals surface area (Å²) in [6.07, 6.45) is 6.37. The van der Waals surface area contributed by atoms with Crippen molar-refractivity contribution in [3.05, 3.63) is 24.0 Å². The van der Waals surface area contributed by atoms with Crippen LogP contribution in [0.3, 0.4) is 0 Å². The zero-order valence-corrected chi connectivity index (χ0v) is 20.7. The molecule has 2 heterocycles. The Bertz CT molecular complexity index is 928. The standard InChI is InChI=1S/C21H32N2O4S.C3H8/c1-4-5-6-20-22-18-13-17(28(25,26)21(2,3)15-24)7-8-19(18)23(20)14-16-9-11-27-12-10-16;1-3-2/h7-8,13,16,24H,4-6,9-12,14-15H2,1-3H3;3H2,1-2H3. The first-order valence-electron chi connectivity index (χ1n) is 11.6. The fourth-order valence-electron chi connectivity index (χ4n) is 3.65. The second kappa shape index (κ2) is 11.4. The molecule has 176 valence electrons. The minimum Gasteiger partial charge on any atom is -0.395 e. The van der Waals surface area contributed by atoms with E-state index in [1.165, 1.54) is 6.42 Å². The molecule has 0 bridgehead atoms. The molecule has 1 aliphatic rings. The molecular formula is C24H40N2O4S. The number of hydrogen-bond acceptors (Lipinski definition) is 5. The fourth-order valence-corrected chi connectivity index (χ4v) is 4.97. The van der Waals surface area contributed by atoms with E-state index in [1.807, 2.05) is 6.07 Å². The summed E-state index contributed by atoms with van der Waals surface area (Å²) in [4.78, 5) is 5.02. The van der Waals surface area contributed by atoms with Gasteiger partial charge in [-0.05, 0) is 57.2 Å². The first-order chi connectivity index (χ1) is 14.7. The minimum absolute atomic E-state index is 0.219. The van der Waals surface area contributed by atoms with Gasteiger partial charge in [0.2, 0.25) is 0 Å². The minimum atomic E-state index is -3.64. The number of sulfone groups is 1. The number of ether oxygens (including phenoxy) is 1. The van der Waals surface area contributed by atoms with Gasteiger partial charge in [-0.15, -0.1) is 0 Å². The highest BCUT2D eigenvalue weighted by molar-refractivity contribution is 7.92. The van der Waals surface area contributed by atoms with Gasteiger partial charge in [-0.2, -0.15) is 0 Å². The number of unbranched alkanes of at least 4 members (excludes halogenated alkanes) is 1. The summed E-state index contributed by atoms with van der Waals surface area (Å²) in [6.45, 7) is 11.6. The van der Waals surface area contributed by atoms with Crippen LogP contribution in [0.5, 0.6) is 0 Å². The van der Waals surface area contributed by atoms with Crippen molar-refractivity contribution >= 4 is 20.9 Å². The van der Waals surface area contributed by atoms with E-state index in [2.05, 4.69) is 25.3 Å². The smallest absolute Gasteiger partial charge is 0.185 e. The highest BCUT2D eigenvalue weighted by atomic mass is 32.2. The Kier molecular flexibility index (Phi) is 9.52. The monoisotopic (exact) mass is 452 g/mol. The Morgan fingerprint density at radius 1 is 1.19 bits per heavy atom. The van der Waals surface area contributed by atoms with Gasteiger partial charge in [-0.1, -0.05) is 33.6 Å². The van der Waals surface area contributed by atoms with Crippen molar-refractivity contribution in [3.63, 3.8) is 0 Å². The maximum Gasteiger partial charge on any atom is 0.185 e. The Balaban J connectivity index is 0.00000107. The molecule has 0 spiro atoms. The summed E-state index contributed by atoms with van der Waals surface area (Å²) in [5, 5.41) is 9.52. The third kappa shape index (κ3) is 6.08. The molecule has 0 saturated carbocycles. The Labute approximate surface area is 187 Å². The predicted octanol–water partition coefficient (Wildman–Crippen LogP) is 4.77. The topological polar surface area (TPSA) is 81.4 Å². The molecule has 1 saturated heterocycles. The molecule has 0 amide bonds. The molecule has 31 heavy (non-hydrogen) atoms. The molecule has 6 nitrogen and oxygen atoms in total. The average molecular weight is 453 g/mol. The number of fused-ring (bicyclic) bond motifs is 1. The van der Waals surface area contributed by atoms with Crippen molar-refractivity contribution in [1.29, 1.82) is 0 Å². The van der Waals surface area contributed by atoms with E-state index in [0.717, 1.165) is 63.2 Å². The maximum atomic E-state index is 12.9. The van der Waals surface area contributed by atoms with Crippen LogP contribution in [0.1, 0.15) is 72.5 Å². The van der Waals surface area contributed by atoms with Crippen LogP contribution in [0.2, 0.25) is 0 Å². The average Bonchev–Trinajstić information content (AvgIpc) is 3.10. The van der Waals surface area contributed by atoms with Gasteiger partial charge in [-0.3, -0.25) is 0 Å². The molecule has 1 aliphatic heterocycles. The van der Waals surface area contributed by atoms with Crippen molar-refractivity contribution in [2.24, 2.45) is 5.92 Å². The van der Waals surface area contributed by atoms with E-state index in [9.17, 15) is 13.5 Å². The Hall–Kier alpha value is -1.44. The third-order valence-electron chi connectivity index (χ3n) is 5.75. The van der Waals surface area contributed by atoms with E-state index in [0.29, 0.717) is 11.4 Å². The van der Waals surface area contributed by atoms with Crippen molar-refractivity contribution in [3.8, 4) is 0 Å². The Morgan fingerprint density at radius 2 is 1.84 bits per heavy atom. The largest absolute Gasteiger partial charge is 0.395 e. The van der Waals surface area contributed by atoms with Gasteiger partial charge < -0.3 is 14.4 Å². The van der Waals surface area contributed by atoms with Crippen LogP contribution in [0.25, 0.3) is 11.0 Å². The molecule has 2 aromatic rings. The zero-order valence-electron chi connectivity index (χ0n) is 19.9. The van der Waals surface area contributed by atoms with Gasteiger partial charge in [0.25, 0.3) is 0 Å². The van der Waals surface area contributed by atoms with Crippen LogP contribution < -0.4 is 0 Å². The number of imidazole rings is 1. The van der Waals surface area contributed by atoms with Gasteiger partial charge in [0.05, 0.1) is 27.3 Å². The summed E-state index contributed by atoms with van der Waals surface area (Å²) in [5.74, 6) is 1.59. The summed E-state index contributed by atoms with van der Waals surface area (Å²) in [5.41, 5.74) is 1.70. The molecule has 7 heteroatoms. The van der Waals surface area contributed by atoms with Crippen molar-refractivity contribution in [2.45, 2.75) is 89.3 Å². The molecule has 0 radical (unpaired) electrons. The number of aliphatic hydroxyl groups excluding tert-OH is 1. The zero-order chi connectivity index (χ0) is 23.1. The molecular weight excluding hydrogens is 412 g/mol. The quantitative estimate of drug-likeness (QED) is 0.624. The third-order valence-corrected chi connectivity index (χ3v) is 8.21. The molecule has 1 aromatic carbocycles. The van der Waals surface area contributed by atoms with Gasteiger partial charge in [0.1, 0.15) is 5.82 Å². The second-order valence-corrected chi connectivity index (χ2v) is 11.7. The maximum absolute atomic E-state index is 12.9. The lowest BCUT2D eigenvalue weighted by molar-refractivity contribution is 0.0613. The lowest BCUT2D eigenvalue weighted by Crippen LogP contribution is -2.35. The molecule has 0 aliphatic carbocycles. The number of aryl methyl sites for hydroxylation is 1. The Morgan fingerprint density at radius 3 is 2.42 bits per heavy atom. The number of aliphatic hydroxyl groups is 1. The van der Waals surface area contributed by atoms with Crippen molar-refractivity contribution in [2.75, 3.05) is 19.8 Å². The first kappa shape index (κ1) is 25.8. The van der Waals surface area contributed by atoms with Gasteiger partial charge in [0.15, 0.2) is 9.84 Å². The van der Waals surface area contributed by atoms with Gasteiger partial charge >= 0.3 is 0 Å². The fraction of sp³-hybridized carbons (Fsp3) is 0.708. The van der Waals surface area contributed by atoms with Crippen LogP contribution >= 0.6 is 0 Å². The SMILES string of the molecule is CCC.CCCCc1nc2cc(S(=O)(=O)C(C)(C)CO)ccc2n1CC1CCOCC1. The highest BCUT2D eigenvalue weighted by Crippen LogP contribution is 2.29. The lowest BCUT2D eigenvalue weighted by atomic mass is 10.00. The molecule has 0 atom stereocenters. The van der Waals surface area contributed by atoms with E-state index >= 15 is 0 Å². The molecule has 3 rings (SSSR count). The lowest BCUT2D eigenvalue weighted by Gasteiger charge is -2.24. The van der Waals surface area contributed by atoms with Crippen LogP contribution in [0, 0.1) is 5.92 Å². The summed E-state index contributed by atoms with van der Waals surface area (Å²) < 4.78 is 32.3. The molecule has 1 aromatic heterocycles. The number of benzene rings is 1. The van der Waals surface area contributed by atoms with Gasteiger partial charge in [-0.25, -0.2) is 13.4 Å². The summed E-state index contributed by atoms with van der Waals surface area (Å²) in [7, 11) is -3.64. The number of aromatic nitrogens is 2. The van der Waals surface area contributed by atoms with E-state index in [-0.39, 0.29) is 4.90 Å². The number of rotatable bonds is 8.